The lowest BCUT2D eigenvalue weighted by Crippen LogP contribution is -2.30. The van der Waals surface area contributed by atoms with Gasteiger partial charge in [0.15, 0.2) is 24.3 Å². The second-order valence-corrected chi connectivity index (χ2v) is 7.00. The van der Waals surface area contributed by atoms with E-state index in [2.05, 4.69) is 13.2 Å². The lowest BCUT2D eigenvalue weighted by atomic mass is 10.5. The van der Waals surface area contributed by atoms with Gasteiger partial charge in [-0.2, -0.15) is 0 Å². The molecule has 0 aliphatic heterocycles. The average Bonchev–Trinajstić information content (AvgIpc) is 2.13. The molecule has 86 valence electrons. The molecular formula is C7H10O6S2. The Hall–Kier alpha value is -1.15. The minimum atomic E-state index is -4.20. The van der Waals surface area contributed by atoms with Crippen LogP contribution in [-0.4, -0.2) is 32.5 Å². The Bertz CT molecular complexity index is 432. The van der Waals surface area contributed by atoms with Crippen LogP contribution in [0.3, 0.4) is 0 Å². The van der Waals surface area contributed by atoms with Gasteiger partial charge in [0.05, 0.1) is 6.42 Å². The summed E-state index contributed by atoms with van der Waals surface area (Å²) < 4.78 is 42.9. The van der Waals surface area contributed by atoms with Crippen molar-refractivity contribution in [3.05, 3.63) is 24.0 Å². The fourth-order valence-electron chi connectivity index (χ4n) is 0.776. The quantitative estimate of drug-likeness (QED) is 0.709. The van der Waals surface area contributed by atoms with Gasteiger partial charge in [-0.1, -0.05) is 13.2 Å². The van der Waals surface area contributed by atoms with Crippen LogP contribution < -0.4 is 0 Å². The maximum Gasteiger partial charge on any atom is 0.305 e. The maximum absolute atomic E-state index is 11.2. The van der Waals surface area contributed by atoms with Gasteiger partial charge in [0.1, 0.15) is 0 Å². The van der Waals surface area contributed by atoms with Gasteiger partial charge in [-0.3, -0.25) is 4.79 Å². The normalized spacial score (nSPS) is 12.3. The molecule has 1 N–H and O–H groups in total. The Balaban J connectivity index is 5.56. The standard InChI is InChI=1S/C7H10O6S2/c1-3-14(10,11)7(5-6(8)9)15(12,13)4-2/h3-4,7H,1-2,5H2,(H,8,9). The molecule has 0 unspecified atom stereocenters. The zero-order chi connectivity index (χ0) is 12.3. The first-order valence-electron chi connectivity index (χ1n) is 3.62. The van der Waals surface area contributed by atoms with Crippen LogP contribution in [-0.2, 0) is 24.5 Å². The number of sulfone groups is 2. The summed E-state index contributed by atoms with van der Waals surface area (Å²) in [5, 5.41) is 9.24. The van der Waals surface area contributed by atoms with Crippen molar-refractivity contribution in [2.24, 2.45) is 0 Å². The van der Waals surface area contributed by atoms with Gasteiger partial charge in [-0.15, -0.1) is 0 Å². The van der Waals surface area contributed by atoms with Crippen molar-refractivity contribution in [1.82, 2.24) is 0 Å². The molecule has 0 aromatic carbocycles. The van der Waals surface area contributed by atoms with E-state index in [0.717, 1.165) is 0 Å². The topological polar surface area (TPSA) is 106 Å². The molecule has 0 saturated heterocycles. The van der Waals surface area contributed by atoms with Crippen LogP contribution in [0.5, 0.6) is 0 Å². The van der Waals surface area contributed by atoms with Crippen LogP contribution in [0.15, 0.2) is 24.0 Å². The summed E-state index contributed by atoms with van der Waals surface area (Å²) in [5.74, 6) is -1.53. The molecule has 0 spiro atoms. The van der Waals surface area contributed by atoms with Crippen LogP contribution in [0.1, 0.15) is 6.42 Å². The molecule has 0 aliphatic carbocycles. The molecule has 0 aromatic rings. The Labute approximate surface area is 87.8 Å². The Morgan fingerprint density at radius 2 is 1.47 bits per heavy atom. The SMILES string of the molecule is C=CS(=O)(=O)C(CC(=O)O)S(=O)(=O)C=C. The number of carboxylic acids is 1. The van der Waals surface area contributed by atoms with E-state index in [-0.39, 0.29) is 0 Å². The second-order valence-electron chi connectivity index (χ2n) is 2.54. The molecule has 0 fully saturated rings. The number of hydrogen-bond donors (Lipinski definition) is 1. The summed E-state index contributed by atoms with van der Waals surface area (Å²) in [7, 11) is -8.40. The van der Waals surface area contributed by atoms with Crippen molar-refractivity contribution in [1.29, 1.82) is 0 Å². The molecule has 0 radical (unpaired) electrons. The first-order chi connectivity index (χ1) is 6.67. The predicted octanol–water partition coefficient (Wildman–Crippen LogP) is -0.0962. The number of carbonyl (C=O) groups is 1. The Kier molecular flexibility index (Phi) is 4.23. The molecular weight excluding hydrogens is 244 g/mol. The van der Waals surface area contributed by atoms with Crippen molar-refractivity contribution in [3.63, 3.8) is 0 Å². The predicted molar refractivity (Wildman–Crippen MR) is 54.3 cm³/mol. The van der Waals surface area contributed by atoms with E-state index in [1.165, 1.54) is 0 Å². The molecule has 0 saturated carbocycles. The third kappa shape index (κ3) is 3.48. The van der Waals surface area contributed by atoms with Gasteiger partial charge in [0, 0.05) is 10.8 Å². The largest absolute Gasteiger partial charge is 0.481 e. The molecule has 6 nitrogen and oxygen atoms in total. The number of carboxylic acid groups (broad SMARTS) is 1. The minimum absolute atomic E-state index is 0.418. The fraction of sp³-hybridized carbons (Fsp3) is 0.286. The summed E-state index contributed by atoms with van der Waals surface area (Å²) in [5.41, 5.74) is 0. The van der Waals surface area contributed by atoms with Gasteiger partial charge in [0.25, 0.3) is 0 Å². The van der Waals surface area contributed by atoms with E-state index >= 15 is 0 Å². The highest BCUT2D eigenvalue weighted by Crippen LogP contribution is 2.17. The minimum Gasteiger partial charge on any atom is -0.481 e. The summed E-state index contributed by atoms with van der Waals surface area (Å²) >= 11 is 0. The first-order valence-corrected chi connectivity index (χ1v) is 6.83. The van der Waals surface area contributed by atoms with Crippen LogP contribution >= 0.6 is 0 Å². The highest BCUT2D eigenvalue weighted by Gasteiger charge is 2.35. The van der Waals surface area contributed by atoms with Crippen molar-refractivity contribution < 1.29 is 26.7 Å². The summed E-state index contributed by atoms with van der Waals surface area (Å²) in [6.07, 6.45) is -1.04. The summed E-state index contributed by atoms with van der Waals surface area (Å²) in [6, 6.07) is 0. The maximum atomic E-state index is 11.2. The van der Waals surface area contributed by atoms with Gasteiger partial charge in [-0.25, -0.2) is 16.8 Å². The highest BCUT2D eigenvalue weighted by molar-refractivity contribution is 8.11. The van der Waals surface area contributed by atoms with Gasteiger partial charge in [0.2, 0.25) is 0 Å². The van der Waals surface area contributed by atoms with E-state index in [1.807, 2.05) is 0 Å². The molecule has 0 aliphatic rings. The van der Waals surface area contributed by atoms with E-state index < -0.39 is 36.6 Å². The molecule has 0 atom stereocenters. The summed E-state index contributed by atoms with van der Waals surface area (Å²) in [6.45, 7) is 5.86. The zero-order valence-corrected chi connectivity index (χ0v) is 9.29. The fourth-order valence-corrected chi connectivity index (χ4v) is 3.92. The van der Waals surface area contributed by atoms with Crippen LogP contribution in [0.4, 0.5) is 0 Å². The molecule has 0 heterocycles. The monoisotopic (exact) mass is 254 g/mol. The lowest BCUT2D eigenvalue weighted by Gasteiger charge is -2.10. The van der Waals surface area contributed by atoms with Gasteiger partial charge < -0.3 is 5.11 Å². The second kappa shape index (κ2) is 4.58. The first kappa shape index (κ1) is 13.8. The van der Waals surface area contributed by atoms with E-state index in [0.29, 0.717) is 10.8 Å². The van der Waals surface area contributed by atoms with Crippen molar-refractivity contribution >= 4 is 25.6 Å². The van der Waals surface area contributed by atoms with E-state index in [9.17, 15) is 21.6 Å². The summed E-state index contributed by atoms with van der Waals surface area (Å²) in [4.78, 5) is 10.3. The van der Waals surface area contributed by atoms with E-state index in [1.54, 1.807) is 0 Å². The van der Waals surface area contributed by atoms with Crippen molar-refractivity contribution in [2.75, 3.05) is 0 Å². The highest BCUT2D eigenvalue weighted by atomic mass is 32.3. The van der Waals surface area contributed by atoms with Crippen molar-refractivity contribution in [2.45, 2.75) is 11.0 Å². The molecule has 15 heavy (non-hydrogen) atoms. The van der Waals surface area contributed by atoms with Crippen molar-refractivity contribution in [3.8, 4) is 0 Å². The van der Waals surface area contributed by atoms with Gasteiger partial charge in [-0.05, 0) is 0 Å². The lowest BCUT2D eigenvalue weighted by molar-refractivity contribution is -0.136. The Morgan fingerprint density at radius 1 is 1.13 bits per heavy atom. The Morgan fingerprint density at radius 3 is 1.67 bits per heavy atom. The number of rotatable bonds is 6. The van der Waals surface area contributed by atoms with E-state index in [4.69, 9.17) is 5.11 Å². The molecule has 0 rings (SSSR count). The third-order valence-corrected chi connectivity index (χ3v) is 5.88. The smallest absolute Gasteiger partial charge is 0.305 e. The van der Waals surface area contributed by atoms with Gasteiger partial charge >= 0.3 is 5.97 Å². The zero-order valence-electron chi connectivity index (χ0n) is 7.66. The van der Waals surface area contributed by atoms with Crippen LogP contribution in [0.25, 0.3) is 0 Å². The number of hydrogen-bond acceptors (Lipinski definition) is 5. The molecule has 0 aromatic heterocycles. The molecule has 0 bridgehead atoms. The third-order valence-electron chi connectivity index (χ3n) is 1.54. The molecule has 8 heteroatoms. The van der Waals surface area contributed by atoms with Crippen LogP contribution in [0, 0.1) is 0 Å². The number of aliphatic carboxylic acids is 1. The molecule has 0 amide bonds. The average molecular weight is 254 g/mol. The van der Waals surface area contributed by atoms with Crippen LogP contribution in [0.2, 0.25) is 0 Å².